The van der Waals surface area contributed by atoms with E-state index < -0.39 is 5.97 Å². The molecule has 0 atom stereocenters. The number of carboxylic acids is 1. The number of hydrogen-bond donors (Lipinski definition) is 1. The van der Waals surface area contributed by atoms with Crippen molar-refractivity contribution in [2.75, 3.05) is 0 Å². The molecule has 1 heterocycles. The molecule has 0 saturated carbocycles. The maximum absolute atomic E-state index is 11.0. The Labute approximate surface area is 138 Å². The maximum atomic E-state index is 11.0. The number of hydrogen-bond acceptors (Lipinski definition) is 3. The minimum absolute atomic E-state index is 0.133. The van der Waals surface area contributed by atoms with Crippen molar-refractivity contribution in [2.45, 2.75) is 26.1 Å². The van der Waals surface area contributed by atoms with E-state index in [1.807, 2.05) is 6.07 Å². The lowest BCUT2D eigenvalue weighted by molar-refractivity contribution is 0.0690. The number of aromatic nitrogens is 2. The molecule has 0 unspecified atom stereocenters. The van der Waals surface area contributed by atoms with E-state index in [1.165, 1.54) is 15.1 Å². The number of halogens is 1. The molecule has 6 heteroatoms. The van der Waals surface area contributed by atoms with Crippen LogP contribution in [0.4, 0.5) is 0 Å². The standard InChI is InChI=1S/C17H17ClN2O3/c1-20-14(15(18)16(19-20)17(21)22)10-23-9-11-6-7-12-4-2-3-5-13(12)8-11/h4-8H,2-3,9-10H2,1H3,(H,21,22). The molecule has 5 nitrogen and oxygen atoms in total. The van der Waals surface area contributed by atoms with Crippen molar-refractivity contribution < 1.29 is 14.6 Å². The molecule has 0 saturated heterocycles. The van der Waals surface area contributed by atoms with Crippen LogP contribution in [-0.4, -0.2) is 20.9 Å². The number of carboxylic acid groups (broad SMARTS) is 1. The Morgan fingerprint density at radius 2 is 2.04 bits per heavy atom. The van der Waals surface area contributed by atoms with Gasteiger partial charge in [-0.25, -0.2) is 4.79 Å². The molecule has 0 amide bonds. The van der Waals surface area contributed by atoms with Gasteiger partial charge in [-0.05, 0) is 34.9 Å². The van der Waals surface area contributed by atoms with E-state index in [1.54, 1.807) is 7.05 Å². The molecule has 0 fully saturated rings. The summed E-state index contributed by atoms with van der Waals surface area (Å²) in [5.41, 5.74) is 1.49. The van der Waals surface area contributed by atoms with E-state index in [-0.39, 0.29) is 17.3 Å². The Morgan fingerprint density at radius 1 is 1.30 bits per heavy atom. The Bertz CT molecular complexity index is 871. The van der Waals surface area contributed by atoms with Gasteiger partial charge >= 0.3 is 5.97 Å². The van der Waals surface area contributed by atoms with Gasteiger partial charge in [-0.1, -0.05) is 35.9 Å². The fraction of sp³-hybridized carbons (Fsp3) is 0.294. The second-order valence-corrected chi connectivity index (χ2v) is 5.86. The lowest BCUT2D eigenvalue weighted by atomic mass is 10.1. The van der Waals surface area contributed by atoms with Crippen molar-refractivity contribution in [3.63, 3.8) is 0 Å². The Morgan fingerprint density at radius 3 is 2.74 bits per heavy atom. The van der Waals surface area contributed by atoms with Crippen LogP contribution in [-0.2, 0) is 25.0 Å². The summed E-state index contributed by atoms with van der Waals surface area (Å²) >= 11 is 6.05. The van der Waals surface area contributed by atoms with Gasteiger partial charge in [-0.2, -0.15) is 5.10 Å². The van der Waals surface area contributed by atoms with Crippen molar-refractivity contribution in [1.29, 1.82) is 0 Å². The zero-order valence-electron chi connectivity index (χ0n) is 12.8. The molecule has 0 bridgehead atoms. The van der Waals surface area contributed by atoms with Crippen LogP contribution in [0.5, 0.6) is 0 Å². The molecule has 1 aliphatic rings. The minimum Gasteiger partial charge on any atom is -0.476 e. The summed E-state index contributed by atoms with van der Waals surface area (Å²) in [6.07, 6.45) is 6.63. The van der Waals surface area contributed by atoms with E-state index in [0.29, 0.717) is 12.3 Å². The van der Waals surface area contributed by atoms with E-state index in [9.17, 15) is 4.79 Å². The van der Waals surface area contributed by atoms with Gasteiger partial charge in [-0.15, -0.1) is 0 Å². The van der Waals surface area contributed by atoms with Crippen LogP contribution in [0.3, 0.4) is 0 Å². The second-order valence-electron chi connectivity index (χ2n) is 5.48. The van der Waals surface area contributed by atoms with E-state index >= 15 is 0 Å². The summed E-state index contributed by atoms with van der Waals surface area (Å²) in [7, 11) is 1.65. The quantitative estimate of drug-likeness (QED) is 0.907. The molecule has 1 N–H and O–H groups in total. The fourth-order valence-corrected chi connectivity index (χ4v) is 2.94. The maximum Gasteiger partial charge on any atom is 0.357 e. The SMILES string of the molecule is Cn1nc(C(=O)O)c(Cl)c1COCc1ccc2c(c1)=CCCC=2. The fourth-order valence-electron chi connectivity index (χ4n) is 2.65. The van der Waals surface area contributed by atoms with E-state index in [4.69, 9.17) is 21.4 Å². The number of ether oxygens (including phenoxy) is 1. The third kappa shape index (κ3) is 3.30. The zero-order chi connectivity index (χ0) is 16.4. The first kappa shape index (κ1) is 15.8. The Kier molecular flexibility index (Phi) is 4.50. The summed E-state index contributed by atoms with van der Waals surface area (Å²) in [4.78, 5) is 11.0. The summed E-state index contributed by atoms with van der Waals surface area (Å²) in [6, 6.07) is 6.27. The van der Waals surface area contributed by atoms with Gasteiger partial charge < -0.3 is 9.84 Å². The van der Waals surface area contributed by atoms with Crippen molar-refractivity contribution in [1.82, 2.24) is 9.78 Å². The average Bonchev–Trinajstić information content (AvgIpc) is 2.83. The lowest BCUT2D eigenvalue weighted by Crippen LogP contribution is -2.26. The summed E-state index contributed by atoms with van der Waals surface area (Å²) < 4.78 is 7.14. The number of aromatic carboxylic acids is 1. The monoisotopic (exact) mass is 332 g/mol. The summed E-state index contributed by atoms with van der Waals surface area (Å²) in [5, 5.41) is 15.5. The number of rotatable bonds is 5. The average molecular weight is 333 g/mol. The summed E-state index contributed by atoms with van der Waals surface area (Å²) in [6.45, 7) is 0.646. The smallest absolute Gasteiger partial charge is 0.357 e. The van der Waals surface area contributed by atoms with Gasteiger partial charge in [0.2, 0.25) is 0 Å². The number of carbonyl (C=O) groups is 1. The lowest BCUT2D eigenvalue weighted by Gasteiger charge is -2.07. The predicted octanol–water partition coefficient (Wildman–Crippen LogP) is 1.84. The van der Waals surface area contributed by atoms with Crippen molar-refractivity contribution in [3.05, 3.63) is 50.6 Å². The molecule has 120 valence electrons. The Balaban J connectivity index is 1.70. The third-order valence-electron chi connectivity index (χ3n) is 3.86. The van der Waals surface area contributed by atoms with E-state index in [0.717, 1.165) is 18.4 Å². The minimum atomic E-state index is -1.14. The van der Waals surface area contributed by atoms with Crippen LogP contribution in [0.25, 0.3) is 12.2 Å². The van der Waals surface area contributed by atoms with Crippen LogP contribution in [0.15, 0.2) is 18.2 Å². The molecule has 3 rings (SSSR count). The van der Waals surface area contributed by atoms with E-state index in [2.05, 4.69) is 29.4 Å². The first-order valence-corrected chi connectivity index (χ1v) is 7.76. The molecule has 1 aliphatic carbocycles. The number of benzene rings is 1. The van der Waals surface area contributed by atoms with Crippen molar-refractivity contribution in [3.8, 4) is 0 Å². The third-order valence-corrected chi connectivity index (χ3v) is 4.26. The number of fused-ring (bicyclic) bond motifs is 1. The first-order valence-electron chi connectivity index (χ1n) is 7.38. The highest BCUT2D eigenvalue weighted by molar-refractivity contribution is 6.33. The highest BCUT2D eigenvalue weighted by Crippen LogP contribution is 2.21. The van der Waals surface area contributed by atoms with Gasteiger partial charge in [-0.3, -0.25) is 4.68 Å². The van der Waals surface area contributed by atoms with Crippen molar-refractivity contribution >= 4 is 29.7 Å². The molecule has 1 aromatic heterocycles. The summed E-state index contributed by atoms with van der Waals surface area (Å²) in [5.74, 6) is -1.14. The van der Waals surface area contributed by atoms with Crippen LogP contribution in [0.1, 0.15) is 34.6 Å². The highest BCUT2D eigenvalue weighted by Gasteiger charge is 2.19. The van der Waals surface area contributed by atoms with Crippen LogP contribution >= 0.6 is 11.6 Å². The van der Waals surface area contributed by atoms with Crippen molar-refractivity contribution in [2.24, 2.45) is 7.05 Å². The topological polar surface area (TPSA) is 64.4 Å². The van der Waals surface area contributed by atoms with Gasteiger partial charge in [0, 0.05) is 7.05 Å². The van der Waals surface area contributed by atoms with Gasteiger partial charge in [0.05, 0.1) is 23.9 Å². The van der Waals surface area contributed by atoms with Crippen LogP contribution in [0, 0.1) is 0 Å². The van der Waals surface area contributed by atoms with Gasteiger partial charge in [0.15, 0.2) is 5.69 Å². The molecule has 0 aliphatic heterocycles. The Hall–Kier alpha value is -2.11. The van der Waals surface area contributed by atoms with Crippen LogP contribution < -0.4 is 10.4 Å². The molecule has 1 aromatic carbocycles. The molecule has 2 aromatic rings. The molecule has 0 spiro atoms. The zero-order valence-corrected chi connectivity index (χ0v) is 13.5. The molecule has 0 radical (unpaired) electrons. The number of nitrogens with zero attached hydrogens (tertiary/aromatic N) is 2. The van der Waals surface area contributed by atoms with Crippen LogP contribution in [0.2, 0.25) is 5.02 Å². The first-order chi connectivity index (χ1) is 11.1. The predicted molar refractivity (Wildman–Crippen MR) is 87.5 cm³/mol. The van der Waals surface area contributed by atoms with Gasteiger partial charge in [0.1, 0.15) is 0 Å². The van der Waals surface area contributed by atoms with Gasteiger partial charge in [0.25, 0.3) is 0 Å². The molecule has 23 heavy (non-hydrogen) atoms. The molecular formula is C17H17ClN2O3. The normalized spacial score (nSPS) is 13.1. The molecular weight excluding hydrogens is 316 g/mol. The second kappa shape index (κ2) is 6.56. The number of aryl methyl sites for hydroxylation is 1. The largest absolute Gasteiger partial charge is 0.476 e. The highest BCUT2D eigenvalue weighted by atomic mass is 35.5.